The second kappa shape index (κ2) is 8.68. The normalized spacial score (nSPS) is 15.4. The number of hydrogen-bond donors (Lipinski definition) is 0. The van der Waals surface area contributed by atoms with Crippen LogP contribution in [0.4, 0.5) is 5.69 Å². The van der Waals surface area contributed by atoms with Gasteiger partial charge in [0.05, 0.1) is 12.4 Å². The molecule has 36 heavy (non-hydrogen) atoms. The number of benzene rings is 3. The van der Waals surface area contributed by atoms with Crippen molar-refractivity contribution in [2.45, 2.75) is 26.2 Å². The summed E-state index contributed by atoms with van der Waals surface area (Å²) in [5.74, 6) is 0.693. The Morgan fingerprint density at radius 1 is 0.944 bits per heavy atom. The molecule has 0 saturated heterocycles. The van der Waals surface area contributed by atoms with E-state index in [1.807, 2.05) is 35.4 Å². The molecule has 0 atom stereocenters. The van der Waals surface area contributed by atoms with Crippen molar-refractivity contribution < 1.29 is 8.85 Å². The zero-order valence-electron chi connectivity index (χ0n) is 23.5. The van der Waals surface area contributed by atoms with Gasteiger partial charge in [-0.25, -0.2) is 0 Å². The van der Waals surface area contributed by atoms with Crippen LogP contribution >= 0.6 is 11.3 Å². The van der Waals surface area contributed by atoms with E-state index in [9.17, 15) is 0 Å². The fourth-order valence-electron chi connectivity index (χ4n) is 4.61. The molecule has 0 radical (unpaired) electrons. The zero-order chi connectivity index (χ0) is 27.4. The molecule has 0 amide bonds. The van der Waals surface area contributed by atoms with Gasteiger partial charge in [0.25, 0.3) is 0 Å². The Bertz CT molecular complexity index is 1720. The highest BCUT2D eigenvalue weighted by Gasteiger charge is 2.19. The molecule has 2 aromatic heterocycles. The first-order valence-electron chi connectivity index (χ1n) is 13.5. The first kappa shape index (κ1) is 19.4. The number of anilines is 1. The first-order chi connectivity index (χ1) is 18.6. The van der Waals surface area contributed by atoms with Crippen molar-refractivity contribution in [3.05, 3.63) is 97.0 Å². The summed E-state index contributed by atoms with van der Waals surface area (Å²) in [6.07, 6.45) is 5.28. The monoisotopic (exact) mass is 494 g/mol. The maximum absolute atomic E-state index is 7.65. The molecular formula is C31H29N3OS. The number of ether oxygens (including phenoxy) is 1. The molecule has 0 aliphatic carbocycles. The molecule has 0 bridgehead atoms. The predicted molar refractivity (Wildman–Crippen MR) is 152 cm³/mol. The van der Waals surface area contributed by atoms with Crippen molar-refractivity contribution >= 4 is 37.9 Å². The van der Waals surface area contributed by atoms with Gasteiger partial charge in [0, 0.05) is 63.2 Å². The van der Waals surface area contributed by atoms with E-state index in [4.69, 9.17) is 13.8 Å². The molecule has 0 spiro atoms. The lowest BCUT2D eigenvalue weighted by Crippen LogP contribution is -2.21. The lowest BCUT2D eigenvalue weighted by Gasteiger charge is -2.20. The molecule has 0 fully saturated rings. The zero-order valence-corrected chi connectivity index (χ0v) is 21.3. The van der Waals surface area contributed by atoms with Crippen molar-refractivity contribution in [1.82, 2.24) is 9.88 Å². The molecule has 1 aliphatic rings. The number of nitrogens with zero attached hydrogens (tertiary/aromatic N) is 3. The van der Waals surface area contributed by atoms with Gasteiger partial charge >= 0.3 is 0 Å². The highest BCUT2D eigenvalue weighted by molar-refractivity contribution is 7.21. The molecule has 4 nitrogen and oxygen atoms in total. The number of thiophene rings is 1. The third kappa shape index (κ3) is 4.20. The van der Waals surface area contributed by atoms with Crippen LogP contribution in [0.1, 0.15) is 30.4 Å². The van der Waals surface area contributed by atoms with Gasteiger partial charge in [-0.1, -0.05) is 62.4 Å². The SMILES string of the molecule is [2H]C([2H])([2H])N1C=CN(c2cccc(Oc3cc4c(-c5cc(C(C)(C)C)ccn5)c5ccccc5cc4s3)c2)C1. The van der Waals surface area contributed by atoms with Gasteiger partial charge in [-0.15, -0.1) is 0 Å². The van der Waals surface area contributed by atoms with Crippen LogP contribution in [0.2, 0.25) is 0 Å². The standard InChI is InChI=1S/C31H29N3OS/c1-31(2,3)22-12-13-32-27(17-22)30-25-11-6-5-8-21(25)16-28-26(30)19-29(36-28)35-24-10-7-9-23(18-24)34-15-14-33(4)20-34/h5-19H,20H2,1-4H3/i4D3. The van der Waals surface area contributed by atoms with E-state index in [1.54, 1.807) is 23.7 Å². The molecule has 0 unspecified atom stereocenters. The maximum atomic E-state index is 7.65. The van der Waals surface area contributed by atoms with Crippen molar-refractivity contribution in [3.63, 3.8) is 0 Å². The molecule has 5 heteroatoms. The fraction of sp³-hybridized carbons (Fsp3) is 0.194. The van der Waals surface area contributed by atoms with Crippen LogP contribution in [0.25, 0.3) is 32.1 Å². The fourth-order valence-corrected chi connectivity index (χ4v) is 5.60. The lowest BCUT2D eigenvalue weighted by atomic mass is 9.86. The molecule has 3 heterocycles. The first-order valence-corrected chi connectivity index (χ1v) is 12.8. The smallest absolute Gasteiger partial charge is 0.182 e. The highest BCUT2D eigenvalue weighted by Crippen LogP contribution is 2.44. The average Bonchev–Trinajstić information content (AvgIpc) is 3.54. The van der Waals surface area contributed by atoms with Crippen LogP contribution in [0.3, 0.4) is 0 Å². The van der Waals surface area contributed by atoms with Gasteiger partial charge in [0.15, 0.2) is 5.06 Å². The molecule has 180 valence electrons. The predicted octanol–water partition coefficient (Wildman–Crippen LogP) is 8.39. The topological polar surface area (TPSA) is 28.6 Å². The Labute approximate surface area is 220 Å². The third-order valence-electron chi connectivity index (χ3n) is 6.51. The van der Waals surface area contributed by atoms with Crippen LogP contribution in [-0.4, -0.2) is 23.5 Å². The summed E-state index contributed by atoms with van der Waals surface area (Å²) in [6.45, 7) is 4.74. The van der Waals surface area contributed by atoms with Crippen LogP contribution in [0.15, 0.2) is 91.4 Å². The van der Waals surface area contributed by atoms with Gasteiger partial charge in [-0.2, -0.15) is 0 Å². The average molecular weight is 495 g/mol. The highest BCUT2D eigenvalue weighted by atomic mass is 32.1. The Hall–Kier alpha value is -3.83. The molecule has 0 N–H and O–H groups in total. The summed E-state index contributed by atoms with van der Waals surface area (Å²) in [5, 5.41) is 4.22. The summed E-state index contributed by atoms with van der Waals surface area (Å²) in [4.78, 5) is 8.03. The molecule has 1 aliphatic heterocycles. The van der Waals surface area contributed by atoms with Gasteiger partial charge in [0.1, 0.15) is 5.75 Å². The largest absolute Gasteiger partial charge is 0.447 e. The minimum atomic E-state index is -2.17. The lowest BCUT2D eigenvalue weighted by molar-refractivity contribution is 0.490. The van der Waals surface area contributed by atoms with Gasteiger partial charge < -0.3 is 14.5 Å². The van der Waals surface area contributed by atoms with Crippen LogP contribution in [0, 0.1) is 0 Å². The molecule has 3 aromatic carbocycles. The van der Waals surface area contributed by atoms with Crippen LogP contribution in [-0.2, 0) is 5.41 Å². The Balaban J connectivity index is 1.38. The van der Waals surface area contributed by atoms with Crippen LogP contribution < -0.4 is 9.64 Å². The van der Waals surface area contributed by atoms with E-state index < -0.39 is 6.98 Å². The van der Waals surface area contributed by atoms with E-state index >= 15 is 0 Å². The van der Waals surface area contributed by atoms with Crippen molar-refractivity contribution in [3.8, 4) is 22.1 Å². The number of hydrogen-bond acceptors (Lipinski definition) is 5. The third-order valence-corrected chi connectivity index (χ3v) is 7.47. The summed E-state index contributed by atoms with van der Waals surface area (Å²) < 4.78 is 30.5. The number of fused-ring (bicyclic) bond motifs is 2. The minimum Gasteiger partial charge on any atom is -0.447 e. The summed E-state index contributed by atoms with van der Waals surface area (Å²) in [6, 6.07) is 24.8. The molecule has 6 rings (SSSR count). The molecule has 0 saturated carbocycles. The van der Waals surface area contributed by atoms with Gasteiger partial charge in [-0.3, -0.25) is 4.98 Å². The number of aromatic nitrogens is 1. The number of pyridine rings is 1. The summed E-state index contributed by atoms with van der Waals surface area (Å²) >= 11 is 1.61. The van der Waals surface area contributed by atoms with Gasteiger partial charge in [0.2, 0.25) is 0 Å². The van der Waals surface area contributed by atoms with E-state index in [1.165, 1.54) is 10.5 Å². The van der Waals surface area contributed by atoms with Crippen molar-refractivity contribution in [1.29, 1.82) is 0 Å². The van der Waals surface area contributed by atoms with E-state index in [0.717, 1.165) is 42.9 Å². The molecule has 5 aromatic rings. The molecular weight excluding hydrogens is 462 g/mol. The maximum Gasteiger partial charge on any atom is 0.182 e. The summed E-state index contributed by atoms with van der Waals surface area (Å²) in [5.41, 5.74) is 4.19. The Morgan fingerprint density at radius 3 is 2.67 bits per heavy atom. The van der Waals surface area contributed by atoms with E-state index in [0.29, 0.717) is 5.75 Å². The van der Waals surface area contributed by atoms with E-state index in [2.05, 4.69) is 69.3 Å². The summed E-state index contributed by atoms with van der Waals surface area (Å²) in [7, 11) is 0. The second-order valence-corrected chi connectivity index (χ2v) is 11.2. The minimum absolute atomic E-state index is 0.0143. The van der Waals surface area contributed by atoms with Crippen molar-refractivity contribution in [2.75, 3.05) is 18.5 Å². The number of rotatable bonds is 4. The van der Waals surface area contributed by atoms with Gasteiger partial charge in [-0.05, 0) is 52.1 Å². The van der Waals surface area contributed by atoms with E-state index in [-0.39, 0.29) is 12.1 Å². The second-order valence-electron chi connectivity index (χ2n) is 10.1. The van der Waals surface area contributed by atoms with Crippen LogP contribution in [0.5, 0.6) is 10.8 Å². The Kier molecular flexibility index (Phi) is 4.67. The van der Waals surface area contributed by atoms with Crippen molar-refractivity contribution in [2.24, 2.45) is 0 Å². The quantitative estimate of drug-likeness (QED) is 0.251. The Morgan fingerprint density at radius 2 is 1.83 bits per heavy atom.